The quantitative estimate of drug-likeness (QED) is 0.869. The van der Waals surface area contributed by atoms with E-state index in [2.05, 4.69) is 5.32 Å². The number of carbonyl (C=O) groups excluding carboxylic acids is 1. The van der Waals surface area contributed by atoms with Gasteiger partial charge >= 0.3 is 5.69 Å². The van der Waals surface area contributed by atoms with Gasteiger partial charge in [-0.05, 0) is 37.1 Å². The van der Waals surface area contributed by atoms with Crippen LogP contribution in [-0.4, -0.2) is 15.0 Å². The van der Waals surface area contributed by atoms with Gasteiger partial charge in [-0.1, -0.05) is 12.1 Å². The third kappa shape index (κ3) is 3.48. The number of nitrogens with one attached hydrogen (secondary N) is 1. The molecule has 1 amide bonds. The van der Waals surface area contributed by atoms with Crippen molar-refractivity contribution >= 4 is 17.7 Å². The van der Waals surface area contributed by atoms with Crippen LogP contribution in [0.3, 0.4) is 0 Å². The van der Waals surface area contributed by atoms with Crippen molar-refractivity contribution in [3.63, 3.8) is 0 Å². The third-order valence-corrected chi connectivity index (χ3v) is 3.75. The van der Waals surface area contributed by atoms with E-state index in [-0.39, 0.29) is 11.5 Å². The number of anilines is 1. The molecule has 0 aliphatic carbocycles. The lowest BCUT2D eigenvalue weighted by Gasteiger charge is -2.08. The van der Waals surface area contributed by atoms with Crippen molar-refractivity contribution < 1.29 is 4.79 Å². The molecule has 1 heterocycles. The van der Waals surface area contributed by atoms with E-state index < -0.39 is 11.2 Å². The normalized spacial score (nSPS) is 11.0. The second kappa shape index (κ2) is 6.48. The molecule has 6 heteroatoms. The maximum absolute atomic E-state index is 12.0. The molecule has 0 aliphatic rings. The van der Waals surface area contributed by atoms with Crippen molar-refractivity contribution in [1.29, 1.82) is 0 Å². The van der Waals surface area contributed by atoms with E-state index in [0.29, 0.717) is 0 Å². The Kier molecular flexibility index (Phi) is 4.64. The largest absolute Gasteiger partial charge is 0.330 e. The molecule has 1 N–H and O–H groups in total. The fourth-order valence-corrected chi connectivity index (χ4v) is 2.18. The number of benzene rings is 1. The molecule has 0 aliphatic heterocycles. The summed E-state index contributed by atoms with van der Waals surface area (Å²) in [6.07, 6.45) is 4.09. The predicted octanol–water partition coefficient (Wildman–Crippen LogP) is 1.35. The highest BCUT2D eigenvalue weighted by Gasteiger charge is 2.06. The number of hydrogen-bond donors (Lipinski definition) is 1. The van der Waals surface area contributed by atoms with Crippen LogP contribution in [0.25, 0.3) is 6.08 Å². The number of carbonyl (C=O) groups is 1. The van der Waals surface area contributed by atoms with E-state index in [1.807, 2.05) is 32.0 Å². The van der Waals surface area contributed by atoms with Crippen molar-refractivity contribution in [2.75, 3.05) is 5.32 Å². The minimum Gasteiger partial charge on any atom is -0.322 e. The first-order valence-corrected chi connectivity index (χ1v) is 7.13. The van der Waals surface area contributed by atoms with E-state index in [1.165, 1.54) is 30.0 Å². The Morgan fingerprint density at radius 3 is 2.57 bits per heavy atom. The molecule has 0 saturated heterocycles. The summed E-state index contributed by atoms with van der Waals surface area (Å²) in [6, 6.07) is 5.65. The number of aryl methyl sites for hydroxylation is 2. The van der Waals surface area contributed by atoms with Gasteiger partial charge in [-0.2, -0.15) is 0 Å². The predicted molar refractivity (Wildman–Crippen MR) is 90.5 cm³/mol. The molecule has 0 unspecified atom stereocenters. The van der Waals surface area contributed by atoms with Crippen LogP contribution in [-0.2, 0) is 18.9 Å². The van der Waals surface area contributed by atoms with Crippen molar-refractivity contribution in [1.82, 2.24) is 9.13 Å². The topological polar surface area (TPSA) is 73.1 Å². The van der Waals surface area contributed by atoms with Gasteiger partial charge in [-0.15, -0.1) is 0 Å². The fourth-order valence-electron chi connectivity index (χ4n) is 2.18. The fraction of sp³-hybridized carbons (Fsp3) is 0.235. The highest BCUT2D eigenvalue weighted by molar-refractivity contribution is 6.02. The Bertz CT molecular complexity index is 904. The van der Waals surface area contributed by atoms with Gasteiger partial charge in [0.1, 0.15) is 0 Å². The molecular weight excluding hydrogens is 294 g/mol. The molecule has 6 nitrogen and oxygen atoms in total. The summed E-state index contributed by atoms with van der Waals surface area (Å²) in [4.78, 5) is 35.6. The maximum Gasteiger partial charge on any atom is 0.330 e. The zero-order valence-electron chi connectivity index (χ0n) is 13.6. The summed E-state index contributed by atoms with van der Waals surface area (Å²) in [5, 5.41) is 2.78. The molecule has 0 atom stereocenters. The zero-order chi connectivity index (χ0) is 17.1. The van der Waals surface area contributed by atoms with E-state index in [4.69, 9.17) is 0 Å². The Labute approximate surface area is 133 Å². The van der Waals surface area contributed by atoms with Gasteiger partial charge < -0.3 is 9.88 Å². The summed E-state index contributed by atoms with van der Waals surface area (Å²) in [7, 11) is 2.95. The molecule has 1 aromatic carbocycles. The van der Waals surface area contributed by atoms with Crippen LogP contribution in [0, 0.1) is 13.8 Å². The van der Waals surface area contributed by atoms with Crippen molar-refractivity contribution in [3.8, 4) is 0 Å². The Morgan fingerprint density at radius 1 is 1.17 bits per heavy atom. The summed E-state index contributed by atoms with van der Waals surface area (Å²) >= 11 is 0. The summed E-state index contributed by atoms with van der Waals surface area (Å²) in [6.45, 7) is 3.90. The first-order chi connectivity index (χ1) is 10.8. The summed E-state index contributed by atoms with van der Waals surface area (Å²) in [5.74, 6) is -0.338. The molecular formula is C17H19N3O3. The van der Waals surface area contributed by atoms with E-state index in [0.717, 1.165) is 21.4 Å². The molecule has 1 aromatic heterocycles. The van der Waals surface area contributed by atoms with Gasteiger partial charge in [0.05, 0.1) is 5.56 Å². The van der Waals surface area contributed by atoms with Gasteiger partial charge in [0.2, 0.25) is 5.91 Å². The first-order valence-electron chi connectivity index (χ1n) is 7.13. The smallest absolute Gasteiger partial charge is 0.322 e. The standard InChI is InChI=1S/C17H19N3O3/c1-11-6-5-7-14(12(11)2)18-15(21)9-8-13-10-19(3)17(23)20(4)16(13)22/h5-10H,1-4H3,(H,18,21)/b9-8+. The van der Waals surface area contributed by atoms with Crippen LogP contribution in [0.1, 0.15) is 16.7 Å². The minimum absolute atomic E-state index is 0.269. The Morgan fingerprint density at radius 2 is 1.87 bits per heavy atom. The number of nitrogens with zero attached hydrogens (tertiary/aromatic N) is 2. The average molecular weight is 313 g/mol. The van der Waals surface area contributed by atoms with Crippen LogP contribution < -0.4 is 16.6 Å². The van der Waals surface area contributed by atoms with Crippen LogP contribution in [0.4, 0.5) is 5.69 Å². The van der Waals surface area contributed by atoms with E-state index in [1.54, 1.807) is 7.05 Å². The Hall–Kier alpha value is -2.89. The molecule has 0 bridgehead atoms. The van der Waals surface area contributed by atoms with Gasteiger partial charge in [-0.25, -0.2) is 4.79 Å². The lowest BCUT2D eigenvalue weighted by Crippen LogP contribution is -2.37. The highest BCUT2D eigenvalue weighted by atomic mass is 16.2. The zero-order valence-corrected chi connectivity index (χ0v) is 13.6. The van der Waals surface area contributed by atoms with Gasteiger partial charge in [0.25, 0.3) is 5.56 Å². The summed E-state index contributed by atoms with van der Waals surface area (Å²) in [5.41, 5.74) is 2.22. The third-order valence-electron chi connectivity index (χ3n) is 3.75. The number of aromatic nitrogens is 2. The number of rotatable bonds is 3. The molecule has 0 spiro atoms. The molecule has 23 heavy (non-hydrogen) atoms. The average Bonchev–Trinajstić information content (AvgIpc) is 2.52. The van der Waals surface area contributed by atoms with Crippen molar-refractivity contribution in [3.05, 3.63) is 68.0 Å². The molecule has 0 radical (unpaired) electrons. The number of amides is 1. The summed E-state index contributed by atoms with van der Waals surface area (Å²) < 4.78 is 2.30. The van der Waals surface area contributed by atoms with Gasteiger partial charge in [0.15, 0.2) is 0 Å². The van der Waals surface area contributed by atoms with E-state index >= 15 is 0 Å². The maximum atomic E-state index is 12.0. The van der Waals surface area contributed by atoms with Gasteiger partial charge in [0, 0.05) is 32.1 Å². The highest BCUT2D eigenvalue weighted by Crippen LogP contribution is 2.17. The Balaban J connectivity index is 2.24. The molecule has 0 fully saturated rings. The van der Waals surface area contributed by atoms with Crippen LogP contribution in [0.2, 0.25) is 0 Å². The second-order valence-electron chi connectivity index (χ2n) is 5.41. The van der Waals surface area contributed by atoms with Crippen LogP contribution in [0.5, 0.6) is 0 Å². The molecule has 0 saturated carbocycles. The van der Waals surface area contributed by atoms with Crippen LogP contribution in [0.15, 0.2) is 40.1 Å². The van der Waals surface area contributed by atoms with Crippen molar-refractivity contribution in [2.45, 2.75) is 13.8 Å². The molecule has 2 aromatic rings. The lowest BCUT2D eigenvalue weighted by molar-refractivity contribution is -0.111. The number of hydrogen-bond acceptors (Lipinski definition) is 3. The van der Waals surface area contributed by atoms with Crippen molar-refractivity contribution in [2.24, 2.45) is 14.1 Å². The first kappa shape index (κ1) is 16.5. The lowest BCUT2D eigenvalue weighted by atomic mass is 10.1. The second-order valence-corrected chi connectivity index (χ2v) is 5.41. The van der Waals surface area contributed by atoms with Gasteiger partial charge in [-0.3, -0.25) is 14.2 Å². The van der Waals surface area contributed by atoms with Crippen LogP contribution >= 0.6 is 0 Å². The molecule has 2 rings (SSSR count). The molecule has 120 valence electrons. The van der Waals surface area contributed by atoms with E-state index in [9.17, 15) is 14.4 Å². The minimum atomic E-state index is -0.441. The SMILES string of the molecule is Cc1cccc(NC(=O)/C=C/c2cn(C)c(=O)n(C)c2=O)c1C. The monoisotopic (exact) mass is 313 g/mol.